The molecule has 0 saturated heterocycles. The number of carbonyl (C=O) groups excluding carboxylic acids is 1. The van der Waals surface area contributed by atoms with Crippen LogP contribution in [-0.2, 0) is 16.0 Å². The molecular weight excluding hydrogens is 498 g/mol. The van der Waals surface area contributed by atoms with E-state index in [2.05, 4.69) is 19.2 Å². The Bertz CT molecular complexity index is 1020. The summed E-state index contributed by atoms with van der Waals surface area (Å²) in [4.78, 5) is 13.0. The first kappa shape index (κ1) is 32.3. The number of anilines is 1. The van der Waals surface area contributed by atoms with Gasteiger partial charge in [-0.2, -0.15) is 4.73 Å². The number of pyridine rings is 1. The van der Waals surface area contributed by atoms with Crippen LogP contribution in [-0.4, -0.2) is 50.6 Å². The van der Waals surface area contributed by atoms with Gasteiger partial charge in [-0.1, -0.05) is 33.8 Å². The summed E-state index contributed by atoms with van der Waals surface area (Å²) in [5.74, 6) is 1.22. The maximum atomic E-state index is 13.0. The lowest BCUT2D eigenvalue weighted by molar-refractivity contribution is -0.604. The largest absolute Gasteiger partial charge is 0.619 e. The second kappa shape index (κ2) is 16.3. The summed E-state index contributed by atoms with van der Waals surface area (Å²) in [5, 5.41) is 25.4. The molecule has 0 bridgehead atoms. The van der Waals surface area contributed by atoms with E-state index in [0.29, 0.717) is 47.5 Å². The molecule has 4 N–H and O–H groups in total. The van der Waals surface area contributed by atoms with Gasteiger partial charge in [-0.3, -0.25) is 4.79 Å². The summed E-state index contributed by atoms with van der Waals surface area (Å²) in [7, 11) is 3.29. The van der Waals surface area contributed by atoms with E-state index in [0.717, 1.165) is 18.4 Å². The van der Waals surface area contributed by atoms with Gasteiger partial charge in [0.25, 0.3) is 0 Å². The molecule has 0 aliphatic carbocycles. The normalized spacial score (nSPS) is 14.6. The number of carbonyl (C=O) groups is 1. The van der Waals surface area contributed by atoms with Crippen molar-refractivity contribution in [3.8, 4) is 11.5 Å². The standard InChI is InChI=1S/C30H47N3O6/c1-20(2)23(15-22-10-11-28(38-6)29(16-22)39-14-8-13-37-5)17-26(31)27(34)18-25(21(3)4)30(35)32-24-9-7-12-33(36)19-24/h7,9-12,16,19-21,23,25-27,34H,8,13-15,17-18,31H2,1-6H3,(H,32,35)/t23-,25-,26-,27-/m0/s1. The number of ether oxygens (including phenoxy) is 3. The molecule has 9 heteroatoms. The number of rotatable bonds is 17. The second-order valence-electron chi connectivity index (χ2n) is 10.9. The Morgan fingerprint density at radius 2 is 1.82 bits per heavy atom. The first-order valence-corrected chi connectivity index (χ1v) is 13.8. The molecule has 2 rings (SSSR count). The number of nitrogens with zero attached hydrogens (tertiary/aromatic N) is 1. The molecule has 9 nitrogen and oxygen atoms in total. The van der Waals surface area contributed by atoms with E-state index in [-0.39, 0.29) is 24.2 Å². The number of amides is 1. The fraction of sp³-hybridized carbons (Fsp3) is 0.600. The van der Waals surface area contributed by atoms with E-state index in [1.54, 1.807) is 26.4 Å². The number of benzene rings is 1. The zero-order chi connectivity index (χ0) is 28.9. The molecule has 218 valence electrons. The van der Waals surface area contributed by atoms with Crippen LogP contribution in [0.5, 0.6) is 11.5 Å². The Labute approximate surface area is 233 Å². The van der Waals surface area contributed by atoms with E-state index < -0.39 is 18.1 Å². The zero-order valence-corrected chi connectivity index (χ0v) is 24.3. The summed E-state index contributed by atoms with van der Waals surface area (Å²) in [5.41, 5.74) is 8.04. The second-order valence-corrected chi connectivity index (χ2v) is 10.9. The predicted octanol–water partition coefficient (Wildman–Crippen LogP) is 3.94. The first-order chi connectivity index (χ1) is 18.5. The molecule has 0 saturated carbocycles. The maximum Gasteiger partial charge on any atom is 0.228 e. The van der Waals surface area contributed by atoms with Gasteiger partial charge < -0.3 is 35.6 Å². The molecule has 0 aliphatic heterocycles. The number of nitrogens with one attached hydrogen (secondary N) is 1. The van der Waals surface area contributed by atoms with E-state index >= 15 is 0 Å². The summed E-state index contributed by atoms with van der Waals surface area (Å²) in [6.45, 7) is 9.35. The summed E-state index contributed by atoms with van der Waals surface area (Å²) >= 11 is 0. The van der Waals surface area contributed by atoms with E-state index in [9.17, 15) is 15.1 Å². The Morgan fingerprint density at radius 3 is 2.44 bits per heavy atom. The van der Waals surface area contributed by atoms with Gasteiger partial charge in [0, 0.05) is 38.2 Å². The van der Waals surface area contributed by atoms with Crippen LogP contribution in [0.2, 0.25) is 0 Å². The van der Waals surface area contributed by atoms with Gasteiger partial charge in [-0.25, -0.2) is 0 Å². The minimum atomic E-state index is -0.847. The van der Waals surface area contributed by atoms with E-state index in [4.69, 9.17) is 19.9 Å². The molecule has 2 aromatic rings. The number of aliphatic hydroxyl groups excluding tert-OH is 1. The molecule has 4 atom stereocenters. The lowest BCUT2D eigenvalue weighted by Gasteiger charge is -2.30. The van der Waals surface area contributed by atoms with Gasteiger partial charge in [-0.15, -0.1) is 0 Å². The summed E-state index contributed by atoms with van der Waals surface area (Å²) in [6.07, 6.45) is 4.21. The predicted molar refractivity (Wildman–Crippen MR) is 153 cm³/mol. The van der Waals surface area contributed by atoms with Crippen molar-refractivity contribution in [2.75, 3.05) is 32.8 Å². The fourth-order valence-corrected chi connectivity index (χ4v) is 4.63. The van der Waals surface area contributed by atoms with Gasteiger partial charge in [0.2, 0.25) is 12.1 Å². The molecular formula is C30H47N3O6. The van der Waals surface area contributed by atoms with E-state index in [1.165, 1.54) is 12.4 Å². The maximum absolute atomic E-state index is 13.0. The fourth-order valence-electron chi connectivity index (χ4n) is 4.63. The van der Waals surface area contributed by atoms with Crippen molar-refractivity contribution in [2.45, 2.75) is 65.5 Å². The Hall–Kier alpha value is -2.88. The third-order valence-electron chi connectivity index (χ3n) is 7.17. The number of nitrogens with two attached hydrogens (primary N) is 1. The van der Waals surface area contributed by atoms with Crippen molar-refractivity contribution in [1.82, 2.24) is 0 Å². The van der Waals surface area contributed by atoms with Gasteiger partial charge in [0.15, 0.2) is 17.7 Å². The first-order valence-electron chi connectivity index (χ1n) is 13.8. The molecule has 1 aromatic carbocycles. The number of hydrogen-bond acceptors (Lipinski definition) is 7. The Morgan fingerprint density at radius 1 is 1.08 bits per heavy atom. The van der Waals surface area contributed by atoms with Gasteiger partial charge >= 0.3 is 0 Å². The average molecular weight is 546 g/mol. The molecule has 0 spiro atoms. The van der Waals surface area contributed by atoms with Crippen LogP contribution in [0.1, 0.15) is 52.5 Å². The number of methoxy groups -OCH3 is 2. The highest BCUT2D eigenvalue weighted by molar-refractivity contribution is 5.92. The van der Waals surface area contributed by atoms with Crippen LogP contribution >= 0.6 is 0 Å². The van der Waals surface area contributed by atoms with Crippen LogP contribution in [0, 0.1) is 28.9 Å². The SMILES string of the molecule is COCCCOc1cc(C[C@@H](C[C@H](N)[C@@H](O)C[C@H](C(=O)Nc2ccc[n+]([O-])c2)C(C)C)C(C)C)ccc1OC. The van der Waals surface area contributed by atoms with Crippen LogP contribution in [0.15, 0.2) is 42.7 Å². The van der Waals surface area contributed by atoms with Crippen LogP contribution in [0.3, 0.4) is 0 Å². The van der Waals surface area contributed by atoms with Crippen molar-refractivity contribution >= 4 is 11.6 Å². The van der Waals surface area contributed by atoms with Crippen molar-refractivity contribution in [3.05, 3.63) is 53.5 Å². The topological polar surface area (TPSA) is 130 Å². The average Bonchev–Trinajstić information content (AvgIpc) is 2.88. The molecule has 1 heterocycles. The lowest BCUT2D eigenvalue weighted by atomic mass is 9.81. The molecule has 0 unspecified atom stereocenters. The monoisotopic (exact) mass is 545 g/mol. The highest BCUT2D eigenvalue weighted by atomic mass is 16.5. The number of aliphatic hydroxyl groups is 1. The number of hydrogen-bond donors (Lipinski definition) is 3. The van der Waals surface area contributed by atoms with Crippen LogP contribution < -0.4 is 25.3 Å². The third-order valence-corrected chi connectivity index (χ3v) is 7.17. The minimum Gasteiger partial charge on any atom is -0.619 e. The Balaban J connectivity index is 2.04. The van der Waals surface area contributed by atoms with Crippen LogP contribution in [0.25, 0.3) is 0 Å². The molecule has 0 radical (unpaired) electrons. The van der Waals surface area contributed by atoms with E-state index in [1.807, 2.05) is 32.0 Å². The molecule has 1 amide bonds. The highest BCUT2D eigenvalue weighted by Crippen LogP contribution is 2.32. The van der Waals surface area contributed by atoms with Gasteiger partial charge in [0.05, 0.1) is 19.8 Å². The van der Waals surface area contributed by atoms with Crippen molar-refractivity contribution in [1.29, 1.82) is 0 Å². The quantitative estimate of drug-likeness (QED) is 0.156. The smallest absolute Gasteiger partial charge is 0.228 e. The van der Waals surface area contributed by atoms with Crippen molar-refractivity contribution in [2.24, 2.45) is 29.4 Å². The van der Waals surface area contributed by atoms with Gasteiger partial charge in [0.1, 0.15) is 5.69 Å². The molecule has 39 heavy (non-hydrogen) atoms. The Kier molecular flexibility index (Phi) is 13.5. The zero-order valence-electron chi connectivity index (χ0n) is 24.3. The van der Waals surface area contributed by atoms with Crippen molar-refractivity contribution < 1.29 is 28.8 Å². The molecule has 0 aliphatic rings. The third kappa shape index (κ3) is 10.7. The molecule has 0 fully saturated rings. The van der Waals surface area contributed by atoms with Gasteiger partial charge in [-0.05, 0) is 60.8 Å². The van der Waals surface area contributed by atoms with Crippen molar-refractivity contribution in [3.63, 3.8) is 0 Å². The summed E-state index contributed by atoms with van der Waals surface area (Å²) in [6, 6.07) is 8.70. The number of aromatic nitrogens is 1. The minimum absolute atomic E-state index is 0.0163. The lowest BCUT2D eigenvalue weighted by Crippen LogP contribution is -2.41. The van der Waals surface area contributed by atoms with Crippen LogP contribution in [0.4, 0.5) is 5.69 Å². The molecule has 1 aromatic heterocycles. The summed E-state index contributed by atoms with van der Waals surface area (Å²) < 4.78 is 17.1. The highest BCUT2D eigenvalue weighted by Gasteiger charge is 2.30.